The lowest BCUT2D eigenvalue weighted by Crippen LogP contribution is -2.14. The Morgan fingerprint density at radius 3 is 1.38 bits per heavy atom. The largest absolute Gasteiger partial charge is 0.491 e. The van der Waals surface area contributed by atoms with Crippen LogP contribution in [0.15, 0.2) is 30.3 Å². The molecule has 0 heterocycles. The van der Waals surface area contributed by atoms with Gasteiger partial charge in [0.25, 0.3) is 0 Å². The monoisotopic (exact) mass is 416 g/mol. The molecule has 0 atom stereocenters. The van der Waals surface area contributed by atoms with Crippen LogP contribution in [-0.2, 0) is 28.4 Å². The zero-order valence-corrected chi connectivity index (χ0v) is 17.3. The molecule has 0 radical (unpaired) electrons. The van der Waals surface area contributed by atoms with Crippen LogP contribution in [0.4, 0.5) is 0 Å². The second kappa shape index (κ2) is 21.4. The van der Waals surface area contributed by atoms with Crippen LogP contribution in [0.25, 0.3) is 0 Å². The summed E-state index contributed by atoms with van der Waals surface area (Å²) in [5, 5.41) is 8.55. The summed E-state index contributed by atoms with van der Waals surface area (Å²) < 4.78 is 37.7. The average Bonchev–Trinajstić information content (AvgIpc) is 2.75. The number of para-hydroxylation sites is 1. The maximum atomic E-state index is 8.55. The molecule has 168 valence electrons. The van der Waals surface area contributed by atoms with Crippen molar-refractivity contribution in [2.45, 2.75) is 6.42 Å². The van der Waals surface area contributed by atoms with Crippen LogP contribution < -0.4 is 4.74 Å². The Labute approximate surface area is 173 Å². The van der Waals surface area contributed by atoms with E-state index in [9.17, 15) is 0 Å². The molecule has 1 N–H and O–H groups in total. The minimum Gasteiger partial charge on any atom is -0.491 e. The van der Waals surface area contributed by atoms with Crippen LogP contribution in [0.5, 0.6) is 5.75 Å². The minimum atomic E-state index is 0.0583. The fraction of sp³-hybridized carbons (Fsp3) is 0.714. The van der Waals surface area contributed by atoms with Gasteiger partial charge in [0, 0.05) is 13.2 Å². The fourth-order valence-electron chi connectivity index (χ4n) is 2.15. The van der Waals surface area contributed by atoms with Crippen molar-refractivity contribution < 1.29 is 38.3 Å². The molecule has 0 saturated carbocycles. The van der Waals surface area contributed by atoms with Gasteiger partial charge < -0.3 is 38.3 Å². The van der Waals surface area contributed by atoms with E-state index >= 15 is 0 Å². The molecule has 0 aliphatic carbocycles. The van der Waals surface area contributed by atoms with Crippen LogP contribution in [0.2, 0.25) is 0 Å². The molecule has 0 spiro atoms. The molecule has 29 heavy (non-hydrogen) atoms. The minimum absolute atomic E-state index is 0.0583. The zero-order chi connectivity index (χ0) is 20.7. The molecular formula is C21H36O8. The molecule has 0 aliphatic rings. The summed E-state index contributed by atoms with van der Waals surface area (Å²) in [6.07, 6.45) is 0.815. The smallest absolute Gasteiger partial charge is 0.119 e. The summed E-state index contributed by atoms with van der Waals surface area (Å²) in [7, 11) is 0. The Morgan fingerprint density at radius 2 is 0.897 bits per heavy atom. The van der Waals surface area contributed by atoms with Crippen LogP contribution >= 0.6 is 0 Å². The molecule has 1 rings (SSSR count). The molecule has 8 heteroatoms. The quantitative estimate of drug-likeness (QED) is 0.285. The van der Waals surface area contributed by atoms with Gasteiger partial charge in [0.15, 0.2) is 0 Å². The molecule has 0 aromatic heterocycles. The number of aliphatic hydroxyl groups is 1. The number of benzene rings is 1. The first-order chi connectivity index (χ1) is 14.4. The zero-order valence-electron chi connectivity index (χ0n) is 17.3. The van der Waals surface area contributed by atoms with E-state index in [2.05, 4.69) is 0 Å². The van der Waals surface area contributed by atoms with E-state index in [1.165, 1.54) is 0 Å². The van der Waals surface area contributed by atoms with E-state index in [1.807, 2.05) is 30.3 Å². The Bertz CT molecular complexity index is 432. The highest BCUT2D eigenvalue weighted by Crippen LogP contribution is 2.07. The van der Waals surface area contributed by atoms with Crippen molar-refractivity contribution in [3.63, 3.8) is 0 Å². The number of hydrogen-bond acceptors (Lipinski definition) is 8. The second-order valence-corrected chi connectivity index (χ2v) is 5.91. The molecule has 0 bridgehead atoms. The van der Waals surface area contributed by atoms with E-state index in [0.29, 0.717) is 85.9 Å². The summed E-state index contributed by atoms with van der Waals surface area (Å²) in [4.78, 5) is 0. The first-order valence-corrected chi connectivity index (χ1v) is 10.2. The van der Waals surface area contributed by atoms with E-state index in [1.54, 1.807) is 0 Å². The summed E-state index contributed by atoms with van der Waals surface area (Å²) in [5.41, 5.74) is 0. The van der Waals surface area contributed by atoms with Gasteiger partial charge in [0.2, 0.25) is 0 Å². The third kappa shape index (κ3) is 18.5. The van der Waals surface area contributed by atoms with Crippen molar-refractivity contribution in [1.29, 1.82) is 0 Å². The highest BCUT2D eigenvalue weighted by Gasteiger charge is 1.95. The molecular weight excluding hydrogens is 380 g/mol. The predicted molar refractivity (Wildman–Crippen MR) is 109 cm³/mol. The van der Waals surface area contributed by atoms with E-state index in [0.717, 1.165) is 12.2 Å². The number of aliphatic hydroxyl groups excluding tert-OH is 1. The Balaban J connectivity index is 1.66. The summed E-state index contributed by atoms with van der Waals surface area (Å²) in [5.74, 6) is 0.849. The maximum Gasteiger partial charge on any atom is 0.119 e. The number of rotatable bonds is 22. The predicted octanol–water partition coefficient (Wildman–Crippen LogP) is 1.55. The third-order valence-corrected chi connectivity index (χ3v) is 3.54. The molecule has 0 aliphatic heterocycles. The van der Waals surface area contributed by atoms with Gasteiger partial charge in [0.05, 0.1) is 72.7 Å². The Hall–Kier alpha value is -1.26. The van der Waals surface area contributed by atoms with Crippen LogP contribution in [0.1, 0.15) is 6.42 Å². The lowest BCUT2D eigenvalue weighted by molar-refractivity contribution is -0.0141. The second-order valence-electron chi connectivity index (χ2n) is 5.91. The van der Waals surface area contributed by atoms with Crippen molar-refractivity contribution in [2.24, 2.45) is 0 Å². The van der Waals surface area contributed by atoms with Gasteiger partial charge in [-0.05, 0) is 18.6 Å². The van der Waals surface area contributed by atoms with Gasteiger partial charge in [-0.25, -0.2) is 0 Å². The van der Waals surface area contributed by atoms with Crippen molar-refractivity contribution in [3.05, 3.63) is 30.3 Å². The molecule has 0 amide bonds. The highest BCUT2D eigenvalue weighted by molar-refractivity contribution is 5.20. The SMILES string of the molecule is OCCOCCCOCCOCCOCCOCCOCCOc1ccccc1. The van der Waals surface area contributed by atoms with Crippen molar-refractivity contribution in [1.82, 2.24) is 0 Å². The molecule has 0 unspecified atom stereocenters. The number of hydrogen-bond donors (Lipinski definition) is 1. The van der Waals surface area contributed by atoms with Gasteiger partial charge in [0.1, 0.15) is 12.4 Å². The lowest BCUT2D eigenvalue weighted by Gasteiger charge is -2.08. The Morgan fingerprint density at radius 1 is 0.483 bits per heavy atom. The molecule has 0 saturated heterocycles. The average molecular weight is 417 g/mol. The summed E-state index contributed by atoms with van der Waals surface area (Å²) in [6, 6.07) is 9.67. The van der Waals surface area contributed by atoms with Crippen LogP contribution in [0.3, 0.4) is 0 Å². The topological polar surface area (TPSA) is 84.8 Å². The van der Waals surface area contributed by atoms with Gasteiger partial charge in [-0.3, -0.25) is 0 Å². The van der Waals surface area contributed by atoms with Crippen LogP contribution in [0, 0.1) is 0 Å². The lowest BCUT2D eigenvalue weighted by atomic mass is 10.3. The molecule has 0 fully saturated rings. The standard InChI is InChI=1S/C21H36O8/c22-7-10-23-8-4-9-24-11-12-25-13-14-26-15-16-27-17-18-28-19-20-29-21-5-2-1-3-6-21/h1-3,5-6,22H,4,7-20H2. The maximum absolute atomic E-state index is 8.55. The van der Waals surface area contributed by atoms with Gasteiger partial charge >= 0.3 is 0 Å². The molecule has 1 aromatic carbocycles. The van der Waals surface area contributed by atoms with Gasteiger partial charge in [-0.1, -0.05) is 18.2 Å². The molecule has 1 aromatic rings. The first-order valence-electron chi connectivity index (χ1n) is 10.2. The van der Waals surface area contributed by atoms with Crippen molar-refractivity contribution in [3.8, 4) is 5.75 Å². The van der Waals surface area contributed by atoms with Crippen molar-refractivity contribution >= 4 is 0 Å². The van der Waals surface area contributed by atoms with Gasteiger partial charge in [-0.15, -0.1) is 0 Å². The third-order valence-electron chi connectivity index (χ3n) is 3.54. The summed E-state index contributed by atoms with van der Waals surface area (Å²) in [6.45, 7) is 7.04. The van der Waals surface area contributed by atoms with Gasteiger partial charge in [-0.2, -0.15) is 0 Å². The van der Waals surface area contributed by atoms with E-state index < -0.39 is 0 Å². The fourth-order valence-corrected chi connectivity index (χ4v) is 2.15. The van der Waals surface area contributed by atoms with E-state index in [4.69, 9.17) is 38.3 Å². The van der Waals surface area contributed by atoms with E-state index in [-0.39, 0.29) is 6.61 Å². The number of ether oxygens (including phenoxy) is 7. The van der Waals surface area contributed by atoms with Crippen molar-refractivity contribution in [2.75, 3.05) is 92.5 Å². The Kier molecular flexibility index (Phi) is 19.1. The molecule has 8 nitrogen and oxygen atoms in total. The van der Waals surface area contributed by atoms with Crippen LogP contribution in [-0.4, -0.2) is 97.6 Å². The summed E-state index contributed by atoms with van der Waals surface area (Å²) >= 11 is 0. The normalized spacial score (nSPS) is 11.1. The highest BCUT2D eigenvalue weighted by atomic mass is 16.6. The first kappa shape index (κ1) is 25.8.